The van der Waals surface area contributed by atoms with Crippen LogP contribution in [0.3, 0.4) is 0 Å². The van der Waals surface area contributed by atoms with Crippen LogP contribution in [0.2, 0.25) is 0 Å². The highest BCUT2D eigenvalue weighted by molar-refractivity contribution is 4.70. The summed E-state index contributed by atoms with van der Waals surface area (Å²) in [7, 11) is 0. The molecule has 0 fully saturated rings. The first kappa shape index (κ1) is 12.9. The van der Waals surface area contributed by atoms with E-state index in [-0.39, 0.29) is 5.54 Å². The summed E-state index contributed by atoms with van der Waals surface area (Å²) in [5, 5.41) is 6.90. The third-order valence-corrected chi connectivity index (χ3v) is 2.15. The molecule has 2 N–H and O–H groups in total. The van der Waals surface area contributed by atoms with Crippen LogP contribution in [0.4, 0.5) is 0 Å². The molecular formula is C11H26N2. The van der Waals surface area contributed by atoms with Crippen LogP contribution in [0.25, 0.3) is 0 Å². The van der Waals surface area contributed by atoms with Crippen LogP contribution >= 0.6 is 0 Å². The second kappa shape index (κ2) is 6.39. The van der Waals surface area contributed by atoms with E-state index in [1.807, 2.05) is 0 Å². The van der Waals surface area contributed by atoms with E-state index >= 15 is 0 Å². The lowest BCUT2D eigenvalue weighted by Crippen LogP contribution is -2.40. The van der Waals surface area contributed by atoms with E-state index in [1.54, 1.807) is 0 Å². The second-order valence-corrected chi connectivity index (χ2v) is 4.89. The molecule has 0 aromatic carbocycles. The molecule has 80 valence electrons. The lowest BCUT2D eigenvalue weighted by Gasteiger charge is -2.20. The van der Waals surface area contributed by atoms with Crippen molar-refractivity contribution in [2.75, 3.05) is 19.6 Å². The van der Waals surface area contributed by atoms with Gasteiger partial charge in [-0.05, 0) is 33.2 Å². The lowest BCUT2D eigenvalue weighted by atomic mass is 10.1. The highest BCUT2D eigenvalue weighted by atomic mass is 15.0. The van der Waals surface area contributed by atoms with Crippen molar-refractivity contribution in [1.29, 1.82) is 0 Å². The van der Waals surface area contributed by atoms with Gasteiger partial charge in [0.15, 0.2) is 0 Å². The van der Waals surface area contributed by atoms with Crippen molar-refractivity contribution in [2.45, 2.75) is 46.6 Å². The molecule has 0 aliphatic heterocycles. The van der Waals surface area contributed by atoms with Crippen molar-refractivity contribution in [3.05, 3.63) is 0 Å². The minimum atomic E-state index is 0.248. The van der Waals surface area contributed by atoms with Crippen LogP contribution in [0.15, 0.2) is 0 Å². The first-order valence-corrected chi connectivity index (χ1v) is 5.41. The monoisotopic (exact) mass is 186 g/mol. The summed E-state index contributed by atoms with van der Waals surface area (Å²) in [5.41, 5.74) is 0.248. The van der Waals surface area contributed by atoms with Crippen LogP contribution in [-0.2, 0) is 0 Å². The Morgan fingerprint density at radius 2 is 1.77 bits per heavy atom. The SMILES string of the molecule is CCC(C)CNCCNC(C)(C)C. The molecule has 0 heterocycles. The predicted octanol–water partition coefficient (Wildman–Crippen LogP) is 2.01. The Kier molecular flexibility index (Phi) is 6.35. The summed E-state index contributed by atoms with van der Waals surface area (Å²) in [5.74, 6) is 0.801. The molecule has 13 heavy (non-hydrogen) atoms. The smallest absolute Gasteiger partial charge is 0.00970 e. The van der Waals surface area contributed by atoms with Crippen LogP contribution in [0.5, 0.6) is 0 Å². The molecule has 0 aliphatic rings. The second-order valence-electron chi connectivity index (χ2n) is 4.89. The quantitative estimate of drug-likeness (QED) is 0.620. The minimum absolute atomic E-state index is 0.248. The zero-order valence-electron chi connectivity index (χ0n) is 9.91. The van der Waals surface area contributed by atoms with E-state index in [2.05, 4.69) is 45.3 Å². The first-order chi connectivity index (χ1) is 5.95. The summed E-state index contributed by atoms with van der Waals surface area (Å²) in [6.45, 7) is 14.4. The number of hydrogen-bond donors (Lipinski definition) is 2. The van der Waals surface area contributed by atoms with Gasteiger partial charge in [-0.2, -0.15) is 0 Å². The van der Waals surface area contributed by atoms with E-state index in [0.29, 0.717) is 0 Å². The topological polar surface area (TPSA) is 24.1 Å². The van der Waals surface area contributed by atoms with Crippen molar-refractivity contribution in [2.24, 2.45) is 5.92 Å². The minimum Gasteiger partial charge on any atom is -0.315 e. The fourth-order valence-electron chi connectivity index (χ4n) is 1.02. The van der Waals surface area contributed by atoms with Gasteiger partial charge in [0.2, 0.25) is 0 Å². The average molecular weight is 186 g/mol. The molecule has 0 amide bonds. The molecule has 0 aliphatic carbocycles. The highest BCUT2D eigenvalue weighted by Crippen LogP contribution is 1.97. The molecule has 1 unspecified atom stereocenters. The normalized spacial score (nSPS) is 14.5. The lowest BCUT2D eigenvalue weighted by molar-refractivity contribution is 0.412. The Labute approximate surface area is 83.5 Å². The van der Waals surface area contributed by atoms with Gasteiger partial charge in [-0.15, -0.1) is 0 Å². The van der Waals surface area contributed by atoms with E-state index in [4.69, 9.17) is 0 Å². The standard InChI is InChI=1S/C11H26N2/c1-6-10(2)9-12-7-8-13-11(3,4)5/h10,12-13H,6-9H2,1-5H3. The average Bonchev–Trinajstić information content (AvgIpc) is 2.01. The molecule has 0 aromatic rings. The van der Waals surface area contributed by atoms with E-state index in [0.717, 1.165) is 25.6 Å². The molecular weight excluding hydrogens is 160 g/mol. The van der Waals surface area contributed by atoms with Crippen molar-refractivity contribution in [1.82, 2.24) is 10.6 Å². The highest BCUT2D eigenvalue weighted by Gasteiger charge is 2.06. The Morgan fingerprint density at radius 1 is 1.15 bits per heavy atom. The first-order valence-electron chi connectivity index (χ1n) is 5.41. The molecule has 0 saturated carbocycles. The van der Waals surface area contributed by atoms with Gasteiger partial charge in [0.25, 0.3) is 0 Å². The van der Waals surface area contributed by atoms with Gasteiger partial charge in [0, 0.05) is 18.6 Å². The summed E-state index contributed by atoms with van der Waals surface area (Å²) < 4.78 is 0. The summed E-state index contributed by atoms with van der Waals surface area (Å²) >= 11 is 0. The summed E-state index contributed by atoms with van der Waals surface area (Å²) in [6.07, 6.45) is 1.26. The fraction of sp³-hybridized carbons (Fsp3) is 1.00. The van der Waals surface area contributed by atoms with Crippen LogP contribution in [0, 0.1) is 5.92 Å². The number of rotatable bonds is 6. The molecule has 0 bridgehead atoms. The summed E-state index contributed by atoms with van der Waals surface area (Å²) in [4.78, 5) is 0. The molecule has 2 nitrogen and oxygen atoms in total. The molecule has 2 heteroatoms. The Hall–Kier alpha value is -0.0800. The van der Waals surface area contributed by atoms with Gasteiger partial charge in [0.1, 0.15) is 0 Å². The van der Waals surface area contributed by atoms with Gasteiger partial charge in [-0.3, -0.25) is 0 Å². The van der Waals surface area contributed by atoms with Gasteiger partial charge >= 0.3 is 0 Å². The zero-order valence-corrected chi connectivity index (χ0v) is 9.91. The van der Waals surface area contributed by atoms with Gasteiger partial charge in [0.05, 0.1) is 0 Å². The predicted molar refractivity (Wildman–Crippen MR) is 60.1 cm³/mol. The Bertz CT molecular complexity index is 116. The molecule has 0 saturated heterocycles. The molecule has 1 atom stereocenters. The van der Waals surface area contributed by atoms with Gasteiger partial charge in [-0.1, -0.05) is 20.3 Å². The molecule has 0 aromatic heterocycles. The van der Waals surface area contributed by atoms with Crippen LogP contribution < -0.4 is 10.6 Å². The van der Waals surface area contributed by atoms with Crippen LogP contribution in [-0.4, -0.2) is 25.2 Å². The van der Waals surface area contributed by atoms with Gasteiger partial charge < -0.3 is 10.6 Å². The van der Waals surface area contributed by atoms with Crippen molar-refractivity contribution in [3.63, 3.8) is 0 Å². The van der Waals surface area contributed by atoms with Crippen LogP contribution in [0.1, 0.15) is 41.0 Å². The third-order valence-electron chi connectivity index (χ3n) is 2.15. The maximum Gasteiger partial charge on any atom is 0.00970 e. The van der Waals surface area contributed by atoms with Crippen molar-refractivity contribution >= 4 is 0 Å². The zero-order chi connectivity index (χ0) is 10.3. The molecule has 0 spiro atoms. The van der Waals surface area contributed by atoms with Gasteiger partial charge in [-0.25, -0.2) is 0 Å². The Morgan fingerprint density at radius 3 is 2.23 bits per heavy atom. The van der Waals surface area contributed by atoms with E-state index in [9.17, 15) is 0 Å². The maximum absolute atomic E-state index is 3.45. The Balaban J connectivity index is 3.18. The molecule has 0 rings (SSSR count). The van der Waals surface area contributed by atoms with E-state index in [1.165, 1.54) is 6.42 Å². The number of hydrogen-bond acceptors (Lipinski definition) is 2. The maximum atomic E-state index is 3.45. The van der Waals surface area contributed by atoms with E-state index < -0.39 is 0 Å². The van der Waals surface area contributed by atoms with Crippen molar-refractivity contribution < 1.29 is 0 Å². The molecule has 0 radical (unpaired) electrons. The third kappa shape index (κ3) is 9.84. The largest absolute Gasteiger partial charge is 0.315 e. The van der Waals surface area contributed by atoms with Crippen molar-refractivity contribution in [3.8, 4) is 0 Å². The number of nitrogens with one attached hydrogen (secondary N) is 2. The summed E-state index contributed by atoms with van der Waals surface area (Å²) in [6, 6.07) is 0. The fourth-order valence-corrected chi connectivity index (χ4v) is 1.02.